The van der Waals surface area contributed by atoms with E-state index in [4.69, 9.17) is 5.11 Å². The van der Waals surface area contributed by atoms with Gasteiger partial charge in [-0.25, -0.2) is 4.79 Å². The molecule has 1 aliphatic rings. The van der Waals surface area contributed by atoms with Gasteiger partial charge in [0.25, 0.3) is 0 Å². The molecule has 5 nitrogen and oxygen atoms in total. The van der Waals surface area contributed by atoms with Crippen LogP contribution in [0.3, 0.4) is 0 Å². The molecule has 14 heavy (non-hydrogen) atoms. The maximum atomic E-state index is 10.9. The van der Waals surface area contributed by atoms with E-state index >= 15 is 0 Å². The van der Waals surface area contributed by atoms with Crippen molar-refractivity contribution in [1.82, 2.24) is 10.2 Å². The number of nitrogens with zero attached hydrogens (tertiary/aromatic N) is 1. The number of aliphatic carboxylic acids is 1. The number of hydrogen-bond donors (Lipinski definition) is 3. The number of hydrogen-bond acceptors (Lipinski definition) is 3. The van der Waals surface area contributed by atoms with Crippen LogP contribution >= 0.6 is 15.9 Å². The minimum absolute atomic E-state index is 0.226. The van der Waals surface area contributed by atoms with Gasteiger partial charge in [0.2, 0.25) is 5.60 Å². The summed E-state index contributed by atoms with van der Waals surface area (Å²) in [5.41, 5.74) is -0.726. The lowest BCUT2D eigenvalue weighted by Crippen LogP contribution is -2.39. The Bertz CT molecular complexity index is 390. The Morgan fingerprint density at radius 3 is 3.00 bits per heavy atom. The molecule has 0 amide bonds. The number of halogens is 1. The van der Waals surface area contributed by atoms with Crippen molar-refractivity contribution < 1.29 is 15.0 Å². The van der Waals surface area contributed by atoms with Crippen molar-refractivity contribution in [1.29, 1.82) is 0 Å². The minimum atomic E-state index is -1.80. The number of H-pyrrole nitrogens is 1. The predicted molar refractivity (Wildman–Crippen MR) is 50.8 cm³/mol. The number of carbonyl (C=O) groups is 1. The molecule has 0 aliphatic heterocycles. The number of carboxylic acids is 1. The number of rotatable bonds is 1. The van der Waals surface area contributed by atoms with Gasteiger partial charge in [0.1, 0.15) is 4.60 Å². The lowest BCUT2D eigenvalue weighted by Gasteiger charge is -2.27. The third-order valence-electron chi connectivity index (χ3n) is 2.55. The number of aromatic amines is 1. The van der Waals surface area contributed by atoms with Gasteiger partial charge in [-0.05, 0) is 35.2 Å². The second-order valence-electron chi connectivity index (χ2n) is 3.39. The van der Waals surface area contributed by atoms with Gasteiger partial charge < -0.3 is 10.2 Å². The van der Waals surface area contributed by atoms with Crippen LogP contribution in [0.15, 0.2) is 4.60 Å². The maximum absolute atomic E-state index is 10.9. The molecule has 0 spiro atoms. The maximum Gasteiger partial charge on any atom is 0.342 e. The molecular formula is C8H9BrN2O3. The van der Waals surface area contributed by atoms with Crippen molar-refractivity contribution >= 4 is 21.9 Å². The zero-order chi connectivity index (χ0) is 10.3. The number of aromatic nitrogens is 2. The molecule has 0 saturated heterocycles. The van der Waals surface area contributed by atoms with Gasteiger partial charge in [-0.2, -0.15) is 5.10 Å². The summed E-state index contributed by atoms with van der Waals surface area (Å²) in [5.74, 6) is -1.23. The lowest BCUT2D eigenvalue weighted by molar-refractivity contribution is -0.161. The van der Waals surface area contributed by atoms with Crippen molar-refractivity contribution in [2.75, 3.05) is 0 Å². The van der Waals surface area contributed by atoms with Crippen molar-refractivity contribution in [2.45, 2.75) is 24.9 Å². The van der Waals surface area contributed by atoms with Gasteiger partial charge in [0, 0.05) is 5.56 Å². The summed E-state index contributed by atoms with van der Waals surface area (Å²) in [6.45, 7) is 0. The summed E-state index contributed by atoms with van der Waals surface area (Å²) >= 11 is 3.21. The highest BCUT2D eigenvalue weighted by Crippen LogP contribution is 2.36. The zero-order valence-electron chi connectivity index (χ0n) is 7.25. The molecule has 0 aromatic carbocycles. The molecule has 1 aromatic rings. The Kier molecular flexibility index (Phi) is 2.11. The smallest absolute Gasteiger partial charge is 0.342 e. The molecule has 2 rings (SSSR count). The van der Waals surface area contributed by atoms with E-state index in [-0.39, 0.29) is 6.42 Å². The molecule has 1 aromatic heterocycles. The topological polar surface area (TPSA) is 86.2 Å². The van der Waals surface area contributed by atoms with E-state index in [1.165, 1.54) is 0 Å². The second-order valence-corrected chi connectivity index (χ2v) is 4.14. The van der Waals surface area contributed by atoms with Crippen LogP contribution in [0.2, 0.25) is 0 Å². The molecule has 1 unspecified atom stereocenters. The van der Waals surface area contributed by atoms with Crippen molar-refractivity contribution in [2.24, 2.45) is 0 Å². The van der Waals surface area contributed by atoms with E-state index in [0.717, 1.165) is 12.0 Å². The van der Waals surface area contributed by atoms with E-state index in [0.29, 0.717) is 16.7 Å². The number of fused-ring (bicyclic) bond motifs is 1. The fraction of sp³-hybridized carbons (Fsp3) is 0.500. The van der Waals surface area contributed by atoms with Gasteiger partial charge in [0.15, 0.2) is 0 Å². The Morgan fingerprint density at radius 1 is 1.64 bits per heavy atom. The molecule has 76 valence electrons. The highest BCUT2D eigenvalue weighted by atomic mass is 79.9. The summed E-state index contributed by atoms with van der Waals surface area (Å²) in [4.78, 5) is 10.9. The van der Waals surface area contributed by atoms with E-state index in [1.807, 2.05) is 0 Å². The van der Waals surface area contributed by atoms with Crippen molar-refractivity contribution in [3.05, 3.63) is 15.9 Å². The third kappa shape index (κ3) is 1.18. The van der Waals surface area contributed by atoms with Crippen LogP contribution < -0.4 is 0 Å². The fourth-order valence-electron chi connectivity index (χ4n) is 1.77. The predicted octanol–water partition coefficient (Wildman–Crippen LogP) is 0.781. The largest absolute Gasteiger partial charge is 0.479 e. The molecule has 1 aliphatic carbocycles. The quantitative estimate of drug-likeness (QED) is 0.697. The average molecular weight is 261 g/mol. The first kappa shape index (κ1) is 9.67. The lowest BCUT2D eigenvalue weighted by atomic mass is 9.84. The summed E-state index contributed by atoms with van der Waals surface area (Å²) in [6, 6.07) is 0. The van der Waals surface area contributed by atoms with Gasteiger partial charge in [-0.3, -0.25) is 5.10 Å². The molecular weight excluding hydrogens is 252 g/mol. The van der Waals surface area contributed by atoms with Crippen molar-refractivity contribution in [3.8, 4) is 0 Å². The first-order chi connectivity index (χ1) is 6.55. The summed E-state index contributed by atoms with van der Waals surface area (Å²) in [6.07, 6.45) is 1.61. The standard InChI is InChI=1S/C8H9BrN2O3/c9-6-4-2-1-3-8(14,7(12)13)5(4)10-11-6/h14H,1-3H2,(H,10,11)(H,12,13). The van der Waals surface area contributed by atoms with E-state index in [2.05, 4.69) is 26.1 Å². The van der Waals surface area contributed by atoms with Crippen LogP contribution in [0.1, 0.15) is 24.1 Å². The van der Waals surface area contributed by atoms with Crippen molar-refractivity contribution in [3.63, 3.8) is 0 Å². The normalized spacial score (nSPS) is 25.9. The Hall–Kier alpha value is -0.880. The number of carboxylic acid groups (broad SMARTS) is 1. The minimum Gasteiger partial charge on any atom is -0.479 e. The van der Waals surface area contributed by atoms with Crippen LogP contribution in [0.4, 0.5) is 0 Å². The van der Waals surface area contributed by atoms with Gasteiger partial charge >= 0.3 is 5.97 Å². The molecule has 0 radical (unpaired) electrons. The number of aliphatic hydroxyl groups is 1. The van der Waals surface area contributed by atoms with Gasteiger partial charge in [-0.15, -0.1) is 0 Å². The first-order valence-electron chi connectivity index (χ1n) is 4.24. The Balaban J connectivity index is 2.56. The molecule has 0 bridgehead atoms. The molecule has 1 atom stereocenters. The third-order valence-corrected chi connectivity index (χ3v) is 3.21. The molecule has 3 N–H and O–H groups in total. The first-order valence-corrected chi connectivity index (χ1v) is 5.04. The van der Waals surface area contributed by atoms with E-state index in [1.54, 1.807) is 0 Å². The molecule has 0 saturated carbocycles. The van der Waals surface area contributed by atoms with E-state index < -0.39 is 11.6 Å². The Morgan fingerprint density at radius 2 is 2.36 bits per heavy atom. The van der Waals surface area contributed by atoms with Crippen LogP contribution in [-0.2, 0) is 16.8 Å². The van der Waals surface area contributed by atoms with Crippen LogP contribution in [-0.4, -0.2) is 26.4 Å². The molecule has 6 heteroatoms. The van der Waals surface area contributed by atoms with E-state index in [9.17, 15) is 9.90 Å². The zero-order valence-corrected chi connectivity index (χ0v) is 8.84. The number of nitrogens with one attached hydrogen (secondary N) is 1. The summed E-state index contributed by atoms with van der Waals surface area (Å²) in [7, 11) is 0. The van der Waals surface area contributed by atoms with Crippen LogP contribution in [0.5, 0.6) is 0 Å². The van der Waals surface area contributed by atoms with Crippen LogP contribution in [0, 0.1) is 0 Å². The molecule has 1 heterocycles. The SMILES string of the molecule is O=C(O)C1(O)CCCc2c(Br)n[nH]c21. The fourth-order valence-corrected chi connectivity index (χ4v) is 2.26. The summed E-state index contributed by atoms with van der Waals surface area (Å²) in [5, 5.41) is 25.3. The average Bonchev–Trinajstić information content (AvgIpc) is 2.50. The highest BCUT2D eigenvalue weighted by Gasteiger charge is 2.44. The van der Waals surface area contributed by atoms with Gasteiger partial charge in [0.05, 0.1) is 5.69 Å². The molecule has 0 fully saturated rings. The Labute approximate surface area is 88.3 Å². The monoisotopic (exact) mass is 260 g/mol. The second kappa shape index (κ2) is 3.06. The summed E-state index contributed by atoms with van der Waals surface area (Å²) < 4.78 is 0.590. The van der Waals surface area contributed by atoms with Crippen LogP contribution in [0.25, 0.3) is 0 Å². The van der Waals surface area contributed by atoms with Gasteiger partial charge in [-0.1, -0.05) is 0 Å². The highest BCUT2D eigenvalue weighted by molar-refractivity contribution is 9.10.